The van der Waals surface area contributed by atoms with Crippen LogP contribution in [0.2, 0.25) is 0 Å². The van der Waals surface area contributed by atoms with Crippen molar-refractivity contribution in [1.82, 2.24) is 4.90 Å². The second-order valence-electron chi connectivity index (χ2n) is 7.42. The summed E-state index contributed by atoms with van der Waals surface area (Å²) >= 11 is 0. The molecule has 0 aromatic heterocycles. The van der Waals surface area contributed by atoms with Crippen molar-refractivity contribution in [2.45, 2.75) is 39.5 Å². The molecular weight excluding hydrogens is 218 g/mol. The average molecular weight is 243 g/mol. The van der Waals surface area contributed by atoms with Gasteiger partial charge in [0, 0.05) is 19.0 Å². The van der Waals surface area contributed by atoms with Crippen molar-refractivity contribution in [2.24, 2.45) is 11.3 Å². The van der Waals surface area contributed by atoms with E-state index in [1.54, 1.807) is 16.7 Å². The Morgan fingerprint density at radius 2 is 1.72 bits per heavy atom. The van der Waals surface area contributed by atoms with E-state index in [-0.39, 0.29) is 0 Å². The van der Waals surface area contributed by atoms with E-state index in [0.29, 0.717) is 5.41 Å². The van der Waals surface area contributed by atoms with Gasteiger partial charge in [-0.1, -0.05) is 39.0 Å². The Labute approximate surface area is 111 Å². The largest absolute Gasteiger partial charge is 0.305 e. The molecule has 2 aliphatic rings. The van der Waals surface area contributed by atoms with E-state index in [1.165, 1.54) is 25.9 Å². The molecule has 1 fully saturated rings. The van der Waals surface area contributed by atoms with E-state index in [1.807, 2.05) is 0 Å². The molecule has 1 unspecified atom stereocenters. The first-order valence-corrected chi connectivity index (χ1v) is 7.24. The molecule has 0 radical (unpaired) electrons. The van der Waals surface area contributed by atoms with E-state index < -0.39 is 0 Å². The van der Waals surface area contributed by atoms with Gasteiger partial charge >= 0.3 is 0 Å². The van der Waals surface area contributed by atoms with Crippen LogP contribution in [0, 0.1) is 11.3 Å². The van der Waals surface area contributed by atoms with Crippen molar-refractivity contribution >= 4 is 0 Å². The molecule has 0 saturated carbocycles. The van der Waals surface area contributed by atoms with Gasteiger partial charge in [0.2, 0.25) is 0 Å². The zero-order valence-corrected chi connectivity index (χ0v) is 12.2. The van der Waals surface area contributed by atoms with Crippen LogP contribution in [0.1, 0.15) is 43.4 Å². The minimum absolute atomic E-state index is 0.440. The van der Waals surface area contributed by atoms with Gasteiger partial charge in [-0.2, -0.15) is 0 Å². The molecular formula is C17H25N. The molecule has 1 heteroatoms. The summed E-state index contributed by atoms with van der Waals surface area (Å²) in [4.78, 5) is 2.40. The summed E-state index contributed by atoms with van der Waals surface area (Å²) in [6, 6.07) is 7.27. The van der Waals surface area contributed by atoms with Crippen LogP contribution in [0.15, 0.2) is 18.2 Å². The third-order valence-corrected chi connectivity index (χ3v) is 4.92. The van der Waals surface area contributed by atoms with Gasteiger partial charge in [-0.05, 0) is 47.9 Å². The van der Waals surface area contributed by atoms with Gasteiger partial charge in [0.1, 0.15) is 0 Å². The maximum absolute atomic E-state index is 2.50. The highest BCUT2D eigenvalue weighted by Gasteiger charge is 2.32. The van der Waals surface area contributed by atoms with Gasteiger partial charge < -0.3 is 4.90 Å². The Morgan fingerprint density at radius 1 is 1.06 bits per heavy atom. The molecule has 1 atom stereocenters. The number of nitrogens with zero attached hydrogens (tertiary/aromatic N) is 1. The molecule has 0 bridgehead atoms. The minimum Gasteiger partial charge on any atom is -0.305 e. The lowest BCUT2D eigenvalue weighted by Crippen LogP contribution is -2.41. The van der Waals surface area contributed by atoms with Gasteiger partial charge in [0.15, 0.2) is 0 Å². The predicted molar refractivity (Wildman–Crippen MR) is 77.0 cm³/mol. The second-order valence-corrected chi connectivity index (χ2v) is 7.42. The molecule has 1 aromatic rings. The molecule has 1 aliphatic carbocycles. The summed E-state index contributed by atoms with van der Waals surface area (Å²) in [5.74, 6) is 1.61. The van der Waals surface area contributed by atoms with E-state index in [9.17, 15) is 0 Å². The van der Waals surface area contributed by atoms with Gasteiger partial charge in [-0.15, -0.1) is 0 Å². The normalized spacial score (nSPS) is 25.0. The van der Waals surface area contributed by atoms with Crippen LogP contribution in [0.4, 0.5) is 0 Å². The number of hydrogen-bond donors (Lipinski definition) is 0. The maximum Gasteiger partial charge on any atom is 0.00934 e. The first-order valence-electron chi connectivity index (χ1n) is 7.24. The number of benzene rings is 1. The third kappa shape index (κ3) is 2.09. The molecule has 1 saturated heterocycles. The van der Waals surface area contributed by atoms with Crippen molar-refractivity contribution < 1.29 is 0 Å². The molecule has 98 valence electrons. The summed E-state index contributed by atoms with van der Waals surface area (Å²) in [5, 5.41) is 0. The molecule has 1 heterocycles. The Balaban J connectivity index is 1.79. The molecule has 0 amide bonds. The Bertz CT molecular complexity index is 449. The first kappa shape index (κ1) is 12.2. The van der Waals surface area contributed by atoms with Crippen LogP contribution in [-0.2, 0) is 12.8 Å². The van der Waals surface area contributed by atoms with E-state index >= 15 is 0 Å². The highest BCUT2D eigenvalue weighted by molar-refractivity contribution is 5.38. The molecule has 3 rings (SSSR count). The van der Waals surface area contributed by atoms with Crippen molar-refractivity contribution in [1.29, 1.82) is 0 Å². The average Bonchev–Trinajstić information content (AvgIpc) is 2.66. The fourth-order valence-electron chi connectivity index (χ4n) is 3.41. The summed E-state index contributed by atoms with van der Waals surface area (Å²) in [5.41, 5.74) is 5.24. The van der Waals surface area contributed by atoms with Crippen LogP contribution in [0.25, 0.3) is 0 Å². The lowest BCUT2D eigenvalue weighted by Gasteiger charge is -2.36. The van der Waals surface area contributed by atoms with Crippen LogP contribution in [-0.4, -0.2) is 25.0 Å². The molecule has 1 nitrogen and oxygen atoms in total. The quantitative estimate of drug-likeness (QED) is 0.730. The lowest BCUT2D eigenvalue weighted by atomic mass is 9.79. The number of hydrogen-bond acceptors (Lipinski definition) is 1. The Kier molecular flexibility index (Phi) is 2.78. The lowest BCUT2D eigenvalue weighted by molar-refractivity contribution is 0.189. The summed E-state index contributed by atoms with van der Waals surface area (Å²) < 4.78 is 0. The fraction of sp³-hybridized carbons (Fsp3) is 0.647. The zero-order valence-electron chi connectivity index (χ0n) is 12.2. The molecule has 18 heavy (non-hydrogen) atoms. The van der Waals surface area contributed by atoms with Gasteiger partial charge in [0.05, 0.1) is 0 Å². The molecule has 0 spiro atoms. The van der Waals surface area contributed by atoms with Gasteiger partial charge in [-0.25, -0.2) is 0 Å². The standard InChI is InChI=1S/C17H25N/c1-17(2,3)16-8-13-6-5-12(7-14(13)9-16)15-10-18(4)11-15/h5-7,15-16H,8-11H2,1-4H3. The second kappa shape index (κ2) is 4.09. The molecule has 0 N–H and O–H groups in total. The summed E-state index contributed by atoms with van der Waals surface area (Å²) in [6.07, 6.45) is 2.57. The van der Waals surface area contributed by atoms with Crippen molar-refractivity contribution in [3.63, 3.8) is 0 Å². The number of rotatable bonds is 1. The summed E-state index contributed by atoms with van der Waals surface area (Å²) in [7, 11) is 2.21. The van der Waals surface area contributed by atoms with Crippen LogP contribution < -0.4 is 0 Å². The predicted octanol–water partition coefficient (Wildman–Crippen LogP) is 3.48. The van der Waals surface area contributed by atoms with E-state index in [2.05, 4.69) is 50.9 Å². The molecule has 1 aromatic carbocycles. The number of fused-ring (bicyclic) bond motifs is 1. The highest BCUT2D eigenvalue weighted by Crippen LogP contribution is 2.39. The monoisotopic (exact) mass is 243 g/mol. The first-order chi connectivity index (χ1) is 8.43. The van der Waals surface area contributed by atoms with E-state index in [4.69, 9.17) is 0 Å². The maximum atomic E-state index is 2.50. The highest BCUT2D eigenvalue weighted by atomic mass is 15.2. The Hall–Kier alpha value is -0.820. The zero-order chi connectivity index (χ0) is 12.9. The number of likely N-dealkylation sites (N-methyl/N-ethyl adjacent to an activating group) is 1. The van der Waals surface area contributed by atoms with Crippen LogP contribution in [0.5, 0.6) is 0 Å². The minimum atomic E-state index is 0.440. The third-order valence-electron chi connectivity index (χ3n) is 4.92. The number of likely N-dealkylation sites (tertiary alicyclic amines) is 1. The van der Waals surface area contributed by atoms with Crippen LogP contribution >= 0.6 is 0 Å². The topological polar surface area (TPSA) is 3.24 Å². The van der Waals surface area contributed by atoms with E-state index in [0.717, 1.165) is 11.8 Å². The smallest absolute Gasteiger partial charge is 0.00934 e. The van der Waals surface area contributed by atoms with Crippen molar-refractivity contribution in [2.75, 3.05) is 20.1 Å². The molecule has 1 aliphatic heterocycles. The summed E-state index contributed by atoms with van der Waals surface area (Å²) in [6.45, 7) is 9.62. The van der Waals surface area contributed by atoms with Crippen molar-refractivity contribution in [3.05, 3.63) is 34.9 Å². The SMILES string of the molecule is CN1CC(c2ccc3c(c2)CC(C(C)(C)C)C3)C1. The van der Waals surface area contributed by atoms with Crippen molar-refractivity contribution in [3.8, 4) is 0 Å². The van der Waals surface area contributed by atoms with Crippen LogP contribution in [0.3, 0.4) is 0 Å². The van der Waals surface area contributed by atoms with Gasteiger partial charge in [0.25, 0.3) is 0 Å². The van der Waals surface area contributed by atoms with Gasteiger partial charge in [-0.3, -0.25) is 0 Å². The Morgan fingerprint density at radius 3 is 2.33 bits per heavy atom. The fourth-order valence-corrected chi connectivity index (χ4v) is 3.41.